The predicted molar refractivity (Wildman–Crippen MR) is 183 cm³/mol. The van der Waals surface area contributed by atoms with Crippen LogP contribution in [0.5, 0.6) is 11.6 Å². The Morgan fingerprint density at radius 3 is 2.57 bits per heavy atom. The summed E-state index contributed by atoms with van der Waals surface area (Å²) in [6.45, 7) is 6.56. The Bertz CT molecular complexity index is 1760. The molecule has 5 heterocycles. The van der Waals surface area contributed by atoms with E-state index in [1.165, 1.54) is 0 Å². The highest BCUT2D eigenvalue weighted by Gasteiger charge is 2.29. The summed E-state index contributed by atoms with van der Waals surface area (Å²) in [5.41, 5.74) is 3.39. The monoisotopic (exact) mass is 685 g/mol. The van der Waals surface area contributed by atoms with Gasteiger partial charge >= 0.3 is 0 Å². The number of hydrogen-bond donors (Lipinski definition) is 1. The molecule has 2 fully saturated rings. The Hall–Kier alpha value is -4.66. The van der Waals surface area contributed by atoms with Crippen molar-refractivity contribution in [2.45, 2.75) is 63.8 Å². The fourth-order valence-electron chi connectivity index (χ4n) is 6.40. The first kappa shape index (κ1) is 32.9. The zero-order valence-corrected chi connectivity index (χ0v) is 28.2. The highest BCUT2D eigenvalue weighted by atomic mass is 35.5. The minimum absolute atomic E-state index is 0.208. The number of morpholine rings is 1. The molecule has 0 amide bonds. The van der Waals surface area contributed by atoms with Crippen LogP contribution in [0.2, 0.25) is 5.02 Å². The van der Waals surface area contributed by atoms with E-state index >= 15 is 0 Å². The predicted octanol–water partition coefficient (Wildman–Crippen LogP) is 5.02. The average Bonchev–Trinajstić information content (AvgIpc) is 3.80. The molecule has 7 rings (SSSR count). The molecule has 49 heavy (non-hydrogen) atoms. The van der Waals surface area contributed by atoms with Gasteiger partial charge < -0.3 is 19.5 Å². The molecule has 15 heteroatoms. The number of halogens is 1. The normalized spacial score (nSPS) is 19.0. The molecule has 256 valence electrons. The lowest BCUT2D eigenvalue weighted by Crippen LogP contribution is -2.45. The number of anilines is 2. The van der Waals surface area contributed by atoms with Crippen molar-refractivity contribution in [2.24, 2.45) is 0 Å². The van der Waals surface area contributed by atoms with Crippen LogP contribution in [-0.4, -0.2) is 94.9 Å². The molecule has 2 aliphatic rings. The highest BCUT2D eigenvalue weighted by Crippen LogP contribution is 2.35. The number of tetrazole rings is 1. The Morgan fingerprint density at radius 2 is 1.82 bits per heavy atom. The lowest BCUT2D eigenvalue weighted by atomic mass is 9.90. The van der Waals surface area contributed by atoms with E-state index in [4.69, 9.17) is 30.9 Å². The molecular weight excluding hydrogens is 646 g/mol. The van der Waals surface area contributed by atoms with Crippen molar-refractivity contribution in [3.63, 3.8) is 0 Å². The maximum absolute atomic E-state index is 6.47. The largest absolute Gasteiger partial charge is 0.487 e. The molecule has 1 N–H and O–H groups in total. The van der Waals surface area contributed by atoms with Crippen LogP contribution < -0.4 is 14.8 Å². The molecule has 1 aromatic carbocycles. The first-order valence-electron chi connectivity index (χ1n) is 16.8. The van der Waals surface area contributed by atoms with E-state index in [9.17, 15) is 0 Å². The number of nitrogens with zero attached hydrogens (tertiary/aromatic N) is 10. The smallest absolute Gasteiger partial charge is 0.256 e. The van der Waals surface area contributed by atoms with E-state index < -0.39 is 0 Å². The molecule has 0 spiro atoms. The van der Waals surface area contributed by atoms with Crippen molar-refractivity contribution in [2.75, 3.05) is 38.2 Å². The van der Waals surface area contributed by atoms with Gasteiger partial charge in [-0.15, -0.1) is 10.2 Å². The number of nitrogens with one attached hydrogen (secondary N) is 1. The van der Waals surface area contributed by atoms with Crippen molar-refractivity contribution in [1.29, 1.82) is 0 Å². The van der Waals surface area contributed by atoms with Gasteiger partial charge in [-0.25, -0.2) is 14.6 Å². The summed E-state index contributed by atoms with van der Waals surface area (Å²) >= 11 is 6.47. The third-order valence-corrected chi connectivity index (χ3v) is 9.26. The Balaban J connectivity index is 1.03. The van der Waals surface area contributed by atoms with Gasteiger partial charge in [0.05, 0.1) is 43.6 Å². The zero-order valence-electron chi connectivity index (χ0n) is 27.4. The summed E-state index contributed by atoms with van der Waals surface area (Å²) in [5, 5.41) is 20.0. The van der Waals surface area contributed by atoms with E-state index in [-0.39, 0.29) is 6.10 Å². The van der Waals surface area contributed by atoms with E-state index in [0.717, 1.165) is 74.5 Å². The number of pyridine rings is 1. The molecule has 4 aromatic heterocycles. The minimum atomic E-state index is -0.208. The van der Waals surface area contributed by atoms with Crippen LogP contribution >= 0.6 is 11.6 Å². The van der Waals surface area contributed by atoms with Gasteiger partial charge in [0.1, 0.15) is 23.9 Å². The first-order chi connectivity index (χ1) is 24.1. The van der Waals surface area contributed by atoms with Gasteiger partial charge in [-0.2, -0.15) is 0 Å². The van der Waals surface area contributed by atoms with Crippen molar-refractivity contribution >= 4 is 23.2 Å². The molecule has 1 saturated carbocycles. The number of rotatable bonds is 13. The van der Waals surface area contributed by atoms with Crippen LogP contribution in [-0.2, 0) is 17.7 Å². The van der Waals surface area contributed by atoms with Gasteiger partial charge in [-0.05, 0) is 72.9 Å². The second kappa shape index (κ2) is 15.7. The van der Waals surface area contributed by atoms with Crippen molar-refractivity contribution in [1.82, 2.24) is 49.8 Å². The Kier molecular flexibility index (Phi) is 10.5. The van der Waals surface area contributed by atoms with Crippen molar-refractivity contribution in [3.8, 4) is 22.8 Å². The topological polar surface area (TPSA) is 143 Å². The van der Waals surface area contributed by atoms with Crippen LogP contribution in [0, 0.1) is 0 Å². The molecule has 0 radical (unpaired) electrons. The maximum Gasteiger partial charge on any atom is 0.256 e. The molecule has 1 saturated heterocycles. The van der Waals surface area contributed by atoms with Crippen LogP contribution in [0.25, 0.3) is 11.1 Å². The Morgan fingerprint density at radius 1 is 1.00 bits per heavy atom. The van der Waals surface area contributed by atoms with Gasteiger partial charge in [-0.3, -0.25) is 14.6 Å². The number of benzene rings is 1. The second-order valence-corrected chi connectivity index (χ2v) is 12.8. The SMILES string of the molecule is C[C@@H](Cn1cnnn1)Oc1cc(-c2cnc(Nc3cn(C4CCC(N5CCOCC5)CC4)nc3OCCc3ccccn3)nc2)ccc1Cl. The summed E-state index contributed by atoms with van der Waals surface area (Å²) in [6, 6.07) is 12.4. The molecule has 1 aliphatic heterocycles. The summed E-state index contributed by atoms with van der Waals surface area (Å²) in [7, 11) is 0. The molecule has 1 aliphatic carbocycles. The van der Waals surface area contributed by atoms with Gasteiger partial charge in [0.15, 0.2) is 0 Å². The van der Waals surface area contributed by atoms with Crippen LogP contribution in [0.1, 0.15) is 44.3 Å². The third kappa shape index (κ3) is 8.50. The molecule has 0 unspecified atom stereocenters. The maximum atomic E-state index is 6.47. The molecule has 0 bridgehead atoms. The van der Waals surface area contributed by atoms with Crippen molar-refractivity contribution < 1.29 is 14.2 Å². The summed E-state index contributed by atoms with van der Waals surface area (Å²) in [6.07, 6.45) is 13.8. The van der Waals surface area contributed by atoms with Gasteiger partial charge in [0, 0.05) is 55.4 Å². The van der Waals surface area contributed by atoms with Gasteiger partial charge in [0.25, 0.3) is 5.88 Å². The molecule has 5 aromatic rings. The van der Waals surface area contributed by atoms with E-state index in [0.29, 0.717) is 54.3 Å². The molecule has 1 atom stereocenters. The van der Waals surface area contributed by atoms with E-state index in [1.54, 1.807) is 35.7 Å². The molecular formula is C34H40ClN11O3. The average molecular weight is 686 g/mol. The van der Waals surface area contributed by atoms with Crippen molar-refractivity contribution in [3.05, 3.63) is 78.2 Å². The first-order valence-corrected chi connectivity index (χ1v) is 17.2. The number of hydrogen-bond acceptors (Lipinski definition) is 12. The van der Waals surface area contributed by atoms with Gasteiger partial charge in [0.2, 0.25) is 5.95 Å². The zero-order chi connectivity index (χ0) is 33.4. The molecule has 14 nitrogen and oxygen atoms in total. The van der Waals surface area contributed by atoms with Crippen LogP contribution in [0.15, 0.2) is 67.5 Å². The fraction of sp³-hybridized carbons (Fsp3) is 0.441. The standard InChI is InChI=1S/C34H40ClN11O3/c1-24(21-45-23-39-42-43-45)49-32-18-25(5-10-30(32)35)26-19-37-34(38-20-26)40-31-22-46(41-33(31)48-15-11-27-4-2-3-12-36-27)29-8-6-28(7-9-29)44-13-16-47-17-14-44/h2-5,10,12,18-20,22-24,28-29H,6-9,11,13-17,21H2,1H3,(H,37,38,40)/t24-,28?,29?/m0/s1. The number of ether oxygens (including phenoxy) is 3. The fourth-order valence-corrected chi connectivity index (χ4v) is 6.56. The van der Waals surface area contributed by atoms with Gasteiger partial charge in [-0.1, -0.05) is 23.7 Å². The minimum Gasteiger partial charge on any atom is -0.487 e. The van der Waals surface area contributed by atoms with E-state index in [2.05, 4.69) is 45.4 Å². The Labute approximate surface area is 289 Å². The second-order valence-electron chi connectivity index (χ2n) is 12.4. The summed E-state index contributed by atoms with van der Waals surface area (Å²) < 4.78 is 21.6. The summed E-state index contributed by atoms with van der Waals surface area (Å²) in [5.74, 6) is 1.52. The summed E-state index contributed by atoms with van der Waals surface area (Å²) in [4.78, 5) is 16.3. The third-order valence-electron chi connectivity index (χ3n) is 8.95. The highest BCUT2D eigenvalue weighted by molar-refractivity contribution is 6.32. The number of aromatic nitrogens is 9. The van der Waals surface area contributed by atoms with Crippen LogP contribution in [0.3, 0.4) is 0 Å². The quantitative estimate of drug-likeness (QED) is 0.178. The lowest BCUT2D eigenvalue weighted by molar-refractivity contribution is 0.00503. The lowest BCUT2D eigenvalue weighted by Gasteiger charge is -2.38. The van der Waals surface area contributed by atoms with Crippen LogP contribution in [0.4, 0.5) is 11.6 Å². The van der Waals surface area contributed by atoms with E-state index in [1.807, 2.05) is 43.5 Å².